The van der Waals surface area contributed by atoms with Crippen molar-refractivity contribution in [3.63, 3.8) is 0 Å². The van der Waals surface area contributed by atoms with Crippen molar-refractivity contribution in [3.05, 3.63) is 0 Å². The lowest BCUT2D eigenvalue weighted by atomic mass is 10.1. The van der Waals surface area contributed by atoms with E-state index in [-0.39, 0.29) is 16.4 Å². The van der Waals surface area contributed by atoms with E-state index in [9.17, 15) is 0 Å². The topological polar surface area (TPSA) is 18.5 Å². The smallest absolute Gasteiger partial charge is 0.195 e. The molecule has 25 heavy (non-hydrogen) atoms. The molecule has 0 saturated heterocycles. The van der Waals surface area contributed by atoms with Gasteiger partial charge in [0.1, 0.15) is 22.6 Å². The summed E-state index contributed by atoms with van der Waals surface area (Å²) < 4.78 is 13.4. The van der Waals surface area contributed by atoms with Gasteiger partial charge >= 0.3 is 0 Å². The highest BCUT2D eigenvalue weighted by Crippen LogP contribution is 2.41. The standard InChI is InChI=1S/C20H45O2Si2.Al/c1-12-13-14-15-16-17-18(21-23(8,9)19(2,3)4)22-24(10,11)20(5,6)7;/h18H,1,12-17H2,2-11H3;. The predicted molar refractivity (Wildman–Crippen MR) is 119 cm³/mol. The number of hydrogen-bond acceptors (Lipinski definition) is 2. The normalized spacial score (nSPS) is 14.4. The molecular weight excluding hydrogens is 355 g/mol. The molecule has 0 aromatic heterocycles. The van der Waals surface area contributed by atoms with E-state index in [2.05, 4.69) is 84.0 Å². The van der Waals surface area contributed by atoms with Crippen LogP contribution in [0.15, 0.2) is 0 Å². The van der Waals surface area contributed by atoms with Crippen molar-refractivity contribution in [2.75, 3.05) is 0 Å². The van der Waals surface area contributed by atoms with Gasteiger partial charge in [0, 0.05) is 0 Å². The van der Waals surface area contributed by atoms with Gasteiger partial charge in [-0.15, -0.1) is 5.28 Å². The van der Waals surface area contributed by atoms with Crippen molar-refractivity contribution in [1.29, 1.82) is 0 Å². The van der Waals surface area contributed by atoms with E-state index in [1.165, 1.54) is 37.4 Å². The fraction of sp³-hybridized carbons (Fsp3) is 1.00. The molecule has 2 radical (unpaired) electrons. The van der Waals surface area contributed by atoms with E-state index in [0.29, 0.717) is 0 Å². The summed E-state index contributed by atoms with van der Waals surface area (Å²) in [6.07, 6.45) is 7.54. The highest BCUT2D eigenvalue weighted by molar-refractivity contribution is 6.75. The molecule has 0 aromatic carbocycles. The van der Waals surface area contributed by atoms with Gasteiger partial charge in [-0.3, -0.25) is 0 Å². The molecule has 148 valence electrons. The zero-order valence-corrected chi connectivity index (χ0v) is 22.1. The molecule has 0 rings (SSSR count). The quantitative estimate of drug-likeness (QED) is 0.206. The van der Waals surface area contributed by atoms with Crippen LogP contribution in [0, 0.1) is 0 Å². The Labute approximate surface area is 169 Å². The van der Waals surface area contributed by atoms with Gasteiger partial charge in [-0.05, 0) is 49.1 Å². The van der Waals surface area contributed by atoms with E-state index in [1.807, 2.05) is 0 Å². The molecule has 0 aliphatic carbocycles. The van der Waals surface area contributed by atoms with Gasteiger partial charge in [-0.1, -0.05) is 67.2 Å². The summed E-state index contributed by atoms with van der Waals surface area (Å²) in [5, 5.41) is 1.67. The molecular formula is C20H45AlO2Si2. The summed E-state index contributed by atoms with van der Waals surface area (Å²) in [6, 6.07) is 0. The minimum absolute atomic E-state index is 0.0245. The maximum atomic E-state index is 6.71. The van der Waals surface area contributed by atoms with E-state index >= 15 is 0 Å². The molecule has 0 saturated carbocycles. The van der Waals surface area contributed by atoms with E-state index < -0.39 is 16.6 Å². The van der Waals surface area contributed by atoms with Crippen LogP contribution >= 0.6 is 0 Å². The Balaban J connectivity index is 4.89. The first-order valence-corrected chi connectivity index (χ1v) is 16.8. The molecule has 5 heteroatoms. The highest BCUT2D eigenvalue weighted by Gasteiger charge is 2.43. The summed E-state index contributed by atoms with van der Waals surface area (Å²) >= 11 is 2.83. The second kappa shape index (κ2) is 10.4. The zero-order chi connectivity index (χ0) is 19.9. The van der Waals surface area contributed by atoms with Crippen molar-refractivity contribution >= 4 is 32.9 Å². The number of hydrogen-bond donors (Lipinski definition) is 0. The van der Waals surface area contributed by atoms with Crippen LogP contribution in [0.1, 0.15) is 80.1 Å². The fourth-order valence-electron chi connectivity index (χ4n) is 2.14. The van der Waals surface area contributed by atoms with E-state index in [1.54, 1.807) is 0 Å². The SMILES string of the molecule is CC(C)(C)[Si](C)(C)OC(CCCCCC[CH2][Al])O[Si](C)(C)C(C)(C)C. The van der Waals surface area contributed by atoms with Gasteiger partial charge in [0.25, 0.3) is 0 Å². The summed E-state index contributed by atoms with van der Waals surface area (Å²) in [5.74, 6) is 0. The van der Waals surface area contributed by atoms with E-state index in [4.69, 9.17) is 8.85 Å². The molecule has 0 aliphatic heterocycles. The largest absolute Gasteiger partial charge is 0.393 e. The van der Waals surface area contributed by atoms with Gasteiger partial charge in [0.15, 0.2) is 16.6 Å². The van der Waals surface area contributed by atoms with Crippen LogP contribution in [0.3, 0.4) is 0 Å². The first-order valence-electron chi connectivity index (χ1n) is 10.2. The third kappa shape index (κ3) is 9.58. The van der Waals surface area contributed by atoms with Crippen LogP contribution < -0.4 is 0 Å². The second-order valence-electron chi connectivity index (χ2n) is 10.5. The first kappa shape index (κ1) is 25.9. The Morgan fingerprint density at radius 3 is 1.40 bits per heavy atom. The lowest BCUT2D eigenvalue weighted by Gasteiger charge is -2.44. The van der Waals surface area contributed by atoms with Crippen molar-refractivity contribution in [1.82, 2.24) is 0 Å². The molecule has 0 unspecified atom stereocenters. The average molecular weight is 401 g/mol. The van der Waals surface area contributed by atoms with Crippen LogP contribution in [0.2, 0.25) is 41.5 Å². The Morgan fingerprint density at radius 1 is 0.680 bits per heavy atom. The molecule has 0 amide bonds. The summed E-state index contributed by atoms with van der Waals surface area (Å²) in [6.45, 7) is 23.2. The van der Waals surface area contributed by atoms with E-state index in [0.717, 1.165) is 6.42 Å². The maximum Gasteiger partial charge on any atom is 0.195 e. The lowest BCUT2D eigenvalue weighted by molar-refractivity contribution is -0.0242. The van der Waals surface area contributed by atoms with Gasteiger partial charge in [0.2, 0.25) is 0 Å². The predicted octanol–water partition coefficient (Wildman–Crippen LogP) is 7.28. The molecule has 0 aromatic rings. The molecule has 0 spiro atoms. The molecule has 0 N–H and O–H groups in total. The van der Waals surface area contributed by atoms with Crippen molar-refractivity contribution in [2.24, 2.45) is 0 Å². The van der Waals surface area contributed by atoms with Gasteiger partial charge in [-0.25, -0.2) is 0 Å². The number of rotatable bonds is 11. The monoisotopic (exact) mass is 400 g/mol. The van der Waals surface area contributed by atoms with Crippen molar-refractivity contribution in [3.8, 4) is 0 Å². The van der Waals surface area contributed by atoms with Crippen LogP contribution in [-0.4, -0.2) is 39.2 Å². The number of unbranched alkanes of at least 4 members (excludes halogenated alkanes) is 4. The fourth-order valence-corrected chi connectivity index (χ4v) is 4.88. The molecule has 0 heterocycles. The van der Waals surface area contributed by atoms with Crippen LogP contribution in [-0.2, 0) is 8.85 Å². The molecule has 0 aliphatic rings. The van der Waals surface area contributed by atoms with Crippen LogP contribution in [0.25, 0.3) is 0 Å². The van der Waals surface area contributed by atoms with Gasteiger partial charge in [-0.2, -0.15) is 0 Å². The summed E-state index contributed by atoms with van der Waals surface area (Å²) in [4.78, 5) is 0. The molecule has 2 nitrogen and oxygen atoms in total. The van der Waals surface area contributed by atoms with Crippen molar-refractivity contribution < 1.29 is 8.85 Å². The highest BCUT2D eigenvalue weighted by atomic mass is 28.4. The first-order chi connectivity index (χ1) is 11.1. The van der Waals surface area contributed by atoms with Gasteiger partial charge < -0.3 is 8.85 Å². The maximum absolute atomic E-state index is 6.71. The van der Waals surface area contributed by atoms with Gasteiger partial charge in [0.05, 0.1) is 0 Å². The third-order valence-electron chi connectivity index (χ3n) is 6.11. The minimum atomic E-state index is -1.81. The lowest BCUT2D eigenvalue weighted by Crippen LogP contribution is -2.50. The van der Waals surface area contributed by atoms with Crippen LogP contribution in [0.4, 0.5) is 0 Å². The zero-order valence-electron chi connectivity index (χ0n) is 18.9. The molecule has 0 bridgehead atoms. The minimum Gasteiger partial charge on any atom is -0.393 e. The Kier molecular flexibility index (Phi) is 10.8. The summed E-state index contributed by atoms with van der Waals surface area (Å²) in [7, 11) is -3.63. The Hall–Kier alpha value is 0.886. The second-order valence-corrected chi connectivity index (χ2v) is 20.6. The summed E-state index contributed by atoms with van der Waals surface area (Å²) in [5.41, 5.74) is 0. The molecule has 0 atom stereocenters. The van der Waals surface area contributed by atoms with Crippen LogP contribution in [0.5, 0.6) is 0 Å². The van der Waals surface area contributed by atoms with Crippen molar-refractivity contribution in [2.45, 2.75) is 128 Å². The third-order valence-corrected chi connectivity index (χ3v) is 15.4. The Bertz CT molecular complexity index is 343. The Morgan fingerprint density at radius 2 is 1.04 bits per heavy atom. The molecule has 0 fully saturated rings. The average Bonchev–Trinajstić information content (AvgIpc) is 2.39.